The Morgan fingerprint density at radius 1 is 1.22 bits per heavy atom. The Bertz CT molecular complexity index is 612. The van der Waals surface area contributed by atoms with Crippen LogP contribution in [0, 0.1) is 0 Å². The van der Waals surface area contributed by atoms with E-state index in [0.717, 1.165) is 0 Å². The van der Waals surface area contributed by atoms with E-state index < -0.39 is 17.9 Å². The van der Waals surface area contributed by atoms with Gasteiger partial charge >= 0.3 is 5.97 Å². The Kier molecular flexibility index (Phi) is 6.92. The molecule has 0 unspecified atom stereocenters. The molecule has 1 aromatic carbocycles. The summed E-state index contributed by atoms with van der Waals surface area (Å²) in [5.74, 6) is -2.10. The maximum absolute atomic E-state index is 12.1. The fourth-order valence-electron chi connectivity index (χ4n) is 1.92. The van der Waals surface area contributed by atoms with Gasteiger partial charge in [0.05, 0.1) is 0 Å². The van der Waals surface area contributed by atoms with E-state index in [1.807, 2.05) is 0 Å². The molecule has 1 aromatic rings. The highest BCUT2D eigenvalue weighted by Gasteiger charge is 2.21. The topological polar surface area (TPSA) is 113 Å². The Hall–Kier alpha value is -2.70. The first-order chi connectivity index (χ1) is 10.8. The van der Waals surface area contributed by atoms with E-state index in [0.29, 0.717) is 12.1 Å². The van der Waals surface area contributed by atoms with Gasteiger partial charge in [-0.25, -0.2) is 4.79 Å². The average molecular weight is 320 g/mol. The van der Waals surface area contributed by atoms with Gasteiger partial charge in [0.15, 0.2) is 0 Å². The number of hydrogen-bond donors (Lipinski definition) is 3. The van der Waals surface area contributed by atoms with Crippen molar-refractivity contribution in [3.8, 4) is 0 Å². The molecule has 0 heterocycles. The molecule has 0 bridgehead atoms. The summed E-state index contributed by atoms with van der Waals surface area (Å²) in [7, 11) is 0. The second kappa shape index (κ2) is 8.67. The quantitative estimate of drug-likeness (QED) is 0.673. The molecule has 0 fully saturated rings. The SMILES string of the molecule is CCC(=O)CC[C@@H](NC(=O)c1cccc(NC(C)=O)c1)C(=O)O. The molecule has 0 aliphatic rings. The number of anilines is 1. The number of nitrogens with one attached hydrogen (secondary N) is 2. The molecule has 0 radical (unpaired) electrons. The Balaban J connectivity index is 2.76. The van der Waals surface area contributed by atoms with Crippen LogP contribution in [-0.4, -0.2) is 34.7 Å². The minimum atomic E-state index is -1.19. The van der Waals surface area contributed by atoms with Crippen molar-refractivity contribution in [3.63, 3.8) is 0 Å². The number of hydrogen-bond acceptors (Lipinski definition) is 4. The molecule has 0 aliphatic carbocycles. The van der Waals surface area contributed by atoms with Crippen LogP contribution in [0.3, 0.4) is 0 Å². The summed E-state index contributed by atoms with van der Waals surface area (Å²) in [6.45, 7) is 3.04. The lowest BCUT2D eigenvalue weighted by Gasteiger charge is -2.14. The molecular formula is C16H20N2O5. The third-order valence-corrected chi connectivity index (χ3v) is 3.15. The Morgan fingerprint density at radius 2 is 1.91 bits per heavy atom. The lowest BCUT2D eigenvalue weighted by Crippen LogP contribution is -2.41. The van der Waals surface area contributed by atoms with E-state index in [1.165, 1.54) is 19.1 Å². The van der Waals surface area contributed by atoms with E-state index in [-0.39, 0.29) is 30.1 Å². The van der Waals surface area contributed by atoms with E-state index >= 15 is 0 Å². The van der Waals surface area contributed by atoms with Crippen LogP contribution in [0.15, 0.2) is 24.3 Å². The zero-order chi connectivity index (χ0) is 17.4. The molecule has 0 aromatic heterocycles. The lowest BCUT2D eigenvalue weighted by molar-refractivity contribution is -0.139. The van der Waals surface area contributed by atoms with Gasteiger partial charge in [0.2, 0.25) is 5.91 Å². The second-order valence-electron chi connectivity index (χ2n) is 5.06. The molecule has 7 heteroatoms. The van der Waals surface area contributed by atoms with Crippen molar-refractivity contribution in [2.24, 2.45) is 0 Å². The number of carboxylic acid groups (broad SMARTS) is 1. The third-order valence-electron chi connectivity index (χ3n) is 3.15. The normalized spacial score (nSPS) is 11.4. The van der Waals surface area contributed by atoms with Gasteiger partial charge in [-0.1, -0.05) is 13.0 Å². The summed E-state index contributed by atoms with van der Waals surface area (Å²) in [5.41, 5.74) is 0.669. The Morgan fingerprint density at radius 3 is 2.48 bits per heavy atom. The second-order valence-corrected chi connectivity index (χ2v) is 5.06. The molecule has 0 spiro atoms. The fraction of sp³-hybridized carbons (Fsp3) is 0.375. The van der Waals surface area contributed by atoms with Crippen LogP contribution >= 0.6 is 0 Å². The summed E-state index contributed by atoms with van der Waals surface area (Å²) in [6.07, 6.45) is 0.470. The van der Waals surface area contributed by atoms with Crippen molar-refractivity contribution >= 4 is 29.3 Å². The zero-order valence-corrected chi connectivity index (χ0v) is 13.1. The number of benzene rings is 1. The highest BCUT2D eigenvalue weighted by Crippen LogP contribution is 2.11. The molecule has 3 N–H and O–H groups in total. The number of rotatable bonds is 8. The smallest absolute Gasteiger partial charge is 0.326 e. The van der Waals surface area contributed by atoms with Crippen LogP contribution in [0.2, 0.25) is 0 Å². The van der Waals surface area contributed by atoms with Crippen LogP contribution in [0.4, 0.5) is 5.69 Å². The molecule has 23 heavy (non-hydrogen) atoms. The van der Waals surface area contributed by atoms with Crippen LogP contribution in [0.25, 0.3) is 0 Å². The molecule has 7 nitrogen and oxygen atoms in total. The van der Waals surface area contributed by atoms with Gasteiger partial charge in [0, 0.05) is 31.0 Å². The van der Waals surface area contributed by atoms with Gasteiger partial charge in [0.25, 0.3) is 5.91 Å². The van der Waals surface area contributed by atoms with Gasteiger partial charge in [-0.15, -0.1) is 0 Å². The van der Waals surface area contributed by atoms with E-state index in [4.69, 9.17) is 5.11 Å². The van der Waals surface area contributed by atoms with E-state index in [2.05, 4.69) is 10.6 Å². The molecule has 124 valence electrons. The highest BCUT2D eigenvalue weighted by atomic mass is 16.4. The first kappa shape index (κ1) is 18.3. The van der Waals surface area contributed by atoms with Gasteiger partial charge in [-0.2, -0.15) is 0 Å². The number of amides is 2. The van der Waals surface area contributed by atoms with Gasteiger partial charge in [0.1, 0.15) is 11.8 Å². The average Bonchev–Trinajstić information content (AvgIpc) is 2.50. The number of carbonyl (C=O) groups is 4. The van der Waals surface area contributed by atoms with Crippen molar-refractivity contribution in [2.75, 3.05) is 5.32 Å². The molecule has 0 aliphatic heterocycles. The van der Waals surface area contributed by atoms with Crippen LogP contribution in [0.1, 0.15) is 43.5 Å². The predicted molar refractivity (Wildman–Crippen MR) is 84.2 cm³/mol. The van der Waals surface area contributed by atoms with Crippen LogP contribution in [0.5, 0.6) is 0 Å². The summed E-state index contributed by atoms with van der Waals surface area (Å²) in [4.78, 5) is 45.6. The highest BCUT2D eigenvalue weighted by molar-refractivity contribution is 5.98. The number of carboxylic acids is 1. The summed E-state index contributed by atoms with van der Waals surface area (Å²) >= 11 is 0. The Labute approximate surface area is 134 Å². The first-order valence-corrected chi connectivity index (χ1v) is 7.26. The minimum Gasteiger partial charge on any atom is -0.480 e. The molecule has 0 saturated carbocycles. The maximum Gasteiger partial charge on any atom is 0.326 e. The maximum atomic E-state index is 12.1. The van der Waals surface area contributed by atoms with E-state index in [9.17, 15) is 19.2 Å². The number of ketones is 1. The molecule has 1 atom stereocenters. The summed E-state index contributed by atoms with van der Waals surface area (Å²) < 4.78 is 0. The van der Waals surface area contributed by atoms with Crippen molar-refractivity contribution in [3.05, 3.63) is 29.8 Å². The zero-order valence-electron chi connectivity index (χ0n) is 13.1. The number of Topliss-reactive ketones (excluding diaryl/α,β-unsaturated/α-hetero) is 1. The van der Waals surface area contributed by atoms with Gasteiger partial charge in [-0.05, 0) is 24.6 Å². The summed E-state index contributed by atoms with van der Waals surface area (Å²) in [5, 5.41) is 14.1. The van der Waals surface area contributed by atoms with Gasteiger partial charge < -0.3 is 15.7 Å². The third kappa shape index (κ3) is 6.29. The summed E-state index contributed by atoms with van der Waals surface area (Å²) in [6, 6.07) is 5.02. The van der Waals surface area contributed by atoms with Crippen molar-refractivity contribution in [1.29, 1.82) is 0 Å². The largest absolute Gasteiger partial charge is 0.480 e. The molecule has 2 amide bonds. The predicted octanol–water partition coefficient (Wildman–Crippen LogP) is 1.59. The van der Waals surface area contributed by atoms with Crippen molar-refractivity contribution in [1.82, 2.24) is 5.32 Å². The monoisotopic (exact) mass is 320 g/mol. The standard InChI is InChI=1S/C16H20N2O5/c1-3-13(20)7-8-14(16(22)23)18-15(21)11-5-4-6-12(9-11)17-10(2)19/h4-6,9,14H,3,7-8H2,1-2H3,(H,17,19)(H,18,21)(H,22,23)/t14-/m1/s1. The number of aliphatic carboxylic acids is 1. The molecule has 1 rings (SSSR count). The van der Waals surface area contributed by atoms with Crippen molar-refractivity contribution < 1.29 is 24.3 Å². The molecule has 0 saturated heterocycles. The number of carbonyl (C=O) groups excluding carboxylic acids is 3. The van der Waals surface area contributed by atoms with Crippen molar-refractivity contribution in [2.45, 2.75) is 39.2 Å². The van der Waals surface area contributed by atoms with E-state index in [1.54, 1.807) is 19.1 Å². The van der Waals surface area contributed by atoms with Gasteiger partial charge in [-0.3, -0.25) is 14.4 Å². The fourth-order valence-corrected chi connectivity index (χ4v) is 1.92. The first-order valence-electron chi connectivity index (χ1n) is 7.26. The van der Waals surface area contributed by atoms with Crippen LogP contribution < -0.4 is 10.6 Å². The lowest BCUT2D eigenvalue weighted by atomic mass is 10.1. The van der Waals surface area contributed by atoms with Crippen LogP contribution in [-0.2, 0) is 14.4 Å². The molecular weight excluding hydrogens is 300 g/mol. The minimum absolute atomic E-state index is 0.0408.